The molecule has 2 rings (SSSR count). The van der Waals surface area contributed by atoms with Crippen molar-refractivity contribution in [2.45, 2.75) is 47.5 Å². The number of hydrogen-bond donors (Lipinski definition) is 1. The van der Waals surface area contributed by atoms with Crippen molar-refractivity contribution >= 4 is 17.2 Å². The highest BCUT2D eigenvalue weighted by atomic mass is 15.1. The predicted octanol–water partition coefficient (Wildman–Crippen LogP) is 5.38. The molecular weight excluding hydrogens is 282 g/mol. The lowest BCUT2D eigenvalue weighted by Crippen LogP contribution is -2.23. The van der Waals surface area contributed by atoms with Crippen LogP contribution in [0.1, 0.15) is 43.4 Å². The normalized spacial score (nSPS) is 10.7. The molecule has 2 aromatic rings. The molecule has 0 spiro atoms. The van der Waals surface area contributed by atoms with Crippen LogP contribution in [-0.2, 0) is 0 Å². The van der Waals surface area contributed by atoms with Gasteiger partial charge in [0.05, 0.1) is 11.9 Å². The van der Waals surface area contributed by atoms with Gasteiger partial charge in [0, 0.05) is 18.8 Å². The number of rotatable bonds is 7. The first-order valence-corrected chi connectivity index (χ1v) is 8.61. The average Bonchev–Trinajstić information content (AvgIpc) is 2.54. The average molecular weight is 311 g/mol. The van der Waals surface area contributed by atoms with E-state index in [1.807, 2.05) is 6.20 Å². The van der Waals surface area contributed by atoms with Gasteiger partial charge in [0.1, 0.15) is 5.82 Å². The lowest BCUT2D eigenvalue weighted by Gasteiger charge is -2.22. The van der Waals surface area contributed by atoms with E-state index in [0.717, 1.165) is 24.6 Å². The molecule has 1 N–H and O–H groups in total. The van der Waals surface area contributed by atoms with Gasteiger partial charge in [-0.25, -0.2) is 4.98 Å². The third-order valence-corrected chi connectivity index (χ3v) is 4.38. The van der Waals surface area contributed by atoms with Gasteiger partial charge in [-0.3, -0.25) is 0 Å². The van der Waals surface area contributed by atoms with E-state index in [2.05, 4.69) is 74.1 Å². The van der Waals surface area contributed by atoms with Crippen molar-refractivity contribution in [1.82, 2.24) is 4.98 Å². The van der Waals surface area contributed by atoms with Gasteiger partial charge in [-0.1, -0.05) is 19.4 Å². The number of hydrogen-bond acceptors (Lipinski definition) is 3. The molecule has 0 amide bonds. The minimum atomic E-state index is 0.895. The van der Waals surface area contributed by atoms with Gasteiger partial charge in [0.2, 0.25) is 0 Å². The van der Waals surface area contributed by atoms with E-state index in [9.17, 15) is 0 Å². The minimum absolute atomic E-state index is 0.895. The third kappa shape index (κ3) is 4.47. The zero-order valence-electron chi connectivity index (χ0n) is 15.1. The summed E-state index contributed by atoms with van der Waals surface area (Å²) < 4.78 is 0. The van der Waals surface area contributed by atoms with Gasteiger partial charge in [-0.15, -0.1) is 0 Å². The monoisotopic (exact) mass is 311 g/mol. The van der Waals surface area contributed by atoms with Crippen molar-refractivity contribution in [2.75, 3.05) is 23.3 Å². The standard InChI is InChI=1S/C20H29N3/c1-6-8-11-23(7-2)18-9-10-20(21-14-18)22-19-13-16(4)15(3)12-17(19)5/h9-10,12-14H,6-8,11H2,1-5H3,(H,21,22). The molecule has 3 nitrogen and oxygen atoms in total. The van der Waals surface area contributed by atoms with Crippen LogP contribution < -0.4 is 10.2 Å². The van der Waals surface area contributed by atoms with E-state index in [1.165, 1.54) is 35.2 Å². The maximum absolute atomic E-state index is 4.59. The molecule has 0 aliphatic carbocycles. The molecule has 1 aromatic carbocycles. The topological polar surface area (TPSA) is 28.2 Å². The molecule has 0 saturated carbocycles. The molecular formula is C20H29N3. The first-order valence-electron chi connectivity index (χ1n) is 8.61. The quantitative estimate of drug-likeness (QED) is 0.744. The summed E-state index contributed by atoms with van der Waals surface area (Å²) in [6.45, 7) is 13.0. The zero-order valence-corrected chi connectivity index (χ0v) is 15.1. The molecule has 0 fully saturated rings. The summed E-state index contributed by atoms with van der Waals surface area (Å²) in [5.74, 6) is 0.895. The van der Waals surface area contributed by atoms with Gasteiger partial charge in [0.15, 0.2) is 0 Å². The van der Waals surface area contributed by atoms with Crippen LogP contribution in [0.2, 0.25) is 0 Å². The summed E-state index contributed by atoms with van der Waals surface area (Å²) in [5.41, 5.74) is 6.20. The minimum Gasteiger partial charge on any atom is -0.371 e. The summed E-state index contributed by atoms with van der Waals surface area (Å²) >= 11 is 0. The molecule has 3 heteroatoms. The molecule has 0 aliphatic rings. The Morgan fingerprint density at radius 3 is 2.35 bits per heavy atom. The Morgan fingerprint density at radius 2 is 1.74 bits per heavy atom. The lowest BCUT2D eigenvalue weighted by atomic mass is 10.0. The Labute approximate surface area is 140 Å². The third-order valence-electron chi connectivity index (χ3n) is 4.38. The van der Waals surface area contributed by atoms with Gasteiger partial charge >= 0.3 is 0 Å². The Bertz CT molecular complexity index is 632. The Hall–Kier alpha value is -2.03. The van der Waals surface area contributed by atoms with E-state index >= 15 is 0 Å². The summed E-state index contributed by atoms with van der Waals surface area (Å²) in [7, 11) is 0. The van der Waals surface area contributed by atoms with Crippen molar-refractivity contribution in [3.63, 3.8) is 0 Å². The van der Waals surface area contributed by atoms with Crippen molar-refractivity contribution in [3.05, 3.63) is 47.2 Å². The molecule has 1 aromatic heterocycles. The smallest absolute Gasteiger partial charge is 0.130 e. The molecule has 0 aliphatic heterocycles. The highest BCUT2D eigenvalue weighted by molar-refractivity contribution is 5.63. The van der Waals surface area contributed by atoms with Gasteiger partial charge in [-0.05, 0) is 69.0 Å². The lowest BCUT2D eigenvalue weighted by molar-refractivity contribution is 0.731. The Kier molecular flexibility index (Phi) is 6.03. The molecule has 0 unspecified atom stereocenters. The number of nitrogens with zero attached hydrogens (tertiary/aromatic N) is 2. The second kappa shape index (κ2) is 8.00. The van der Waals surface area contributed by atoms with E-state index < -0.39 is 0 Å². The summed E-state index contributed by atoms with van der Waals surface area (Å²) in [4.78, 5) is 6.97. The van der Waals surface area contributed by atoms with Crippen molar-refractivity contribution in [3.8, 4) is 0 Å². The van der Waals surface area contributed by atoms with Crippen molar-refractivity contribution < 1.29 is 0 Å². The molecule has 0 radical (unpaired) electrons. The van der Waals surface area contributed by atoms with Crippen LogP contribution in [-0.4, -0.2) is 18.1 Å². The van der Waals surface area contributed by atoms with Crippen LogP contribution in [0, 0.1) is 20.8 Å². The van der Waals surface area contributed by atoms with Crippen LogP contribution in [0.5, 0.6) is 0 Å². The fourth-order valence-electron chi connectivity index (χ4n) is 2.70. The summed E-state index contributed by atoms with van der Waals surface area (Å²) in [6, 6.07) is 8.64. The SMILES string of the molecule is CCCCN(CC)c1ccc(Nc2cc(C)c(C)cc2C)nc1. The summed E-state index contributed by atoms with van der Waals surface area (Å²) in [5, 5.41) is 3.44. The highest BCUT2D eigenvalue weighted by Crippen LogP contribution is 2.24. The summed E-state index contributed by atoms with van der Waals surface area (Å²) in [6.07, 6.45) is 4.41. The fourth-order valence-corrected chi connectivity index (χ4v) is 2.70. The molecule has 1 heterocycles. The zero-order chi connectivity index (χ0) is 16.8. The Balaban J connectivity index is 2.12. The van der Waals surface area contributed by atoms with Crippen molar-refractivity contribution in [1.29, 1.82) is 0 Å². The number of benzene rings is 1. The van der Waals surface area contributed by atoms with Gasteiger partial charge in [-0.2, -0.15) is 0 Å². The molecule has 124 valence electrons. The number of aromatic nitrogens is 1. The second-order valence-corrected chi connectivity index (χ2v) is 6.21. The largest absolute Gasteiger partial charge is 0.371 e. The van der Waals surface area contributed by atoms with Gasteiger partial charge < -0.3 is 10.2 Å². The van der Waals surface area contributed by atoms with Gasteiger partial charge in [0.25, 0.3) is 0 Å². The predicted molar refractivity (Wildman–Crippen MR) is 101 cm³/mol. The number of nitrogens with one attached hydrogen (secondary N) is 1. The van der Waals surface area contributed by atoms with Crippen LogP contribution >= 0.6 is 0 Å². The highest BCUT2D eigenvalue weighted by Gasteiger charge is 2.06. The fraction of sp³-hybridized carbons (Fsp3) is 0.450. The first-order chi connectivity index (χ1) is 11.0. The number of unbranched alkanes of at least 4 members (excludes halogenated alkanes) is 1. The number of pyridine rings is 1. The van der Waals surface area contributed by atoms with Crippen LogP contribution in [0.25, 0.3) is 0 Å². The second-order valence-electron chi connectivity index (χ2n) is 6.21. The molecule has 0 saturated heterocycles. The van der Waals surface area contributed by atoms with Crippen molar-refractivity contribution in [2.24, 2.45) is 0 Å². The van der Waals surface area contributed by atoms with E-state index in [0.29, 0.717) is 0 Å². The Morgan fingerprint density at radius 1 is 1.00 bits per heavy atom. The maximum atomic E-state index is 4.59. The van der Waals surface area contributed by atoms with Crippen LogP contribution in [0.15, 0.2) is 30.5 Å². The van der Waals surface area contributed by atoms with E-state index in [4.69, 9.17) is 0 Å². The first kappa shape index (κ1) is 17.3. The maximum Gasteiger partial charge on any atom is 0.130 e. The van der Waals surface area contributed by atoms with E-state index in [1.54, 1.807) is 0 Å². The number of aryl methyl sites for hydroxylation is 3. The van der Waals surface area contributed by atoms with E-state index in [-0.39, 0.29) is 0 Å². The van der Waals surface area contributed by atoms with Crippen LogP contribution in [0.4, 0.5) is 17.2 Å². The van der Waals surface area contributed by atoms with Crippen LogP contribution in [0.3, 0.4) is 0 Å². The molecule has 0 atom stereocenters. The number of anilines is 3. The molecule has 23 heavy (non-hydrogen) atoms. The molecule has 0 bridgehead atoms.